The number of rotatable bonds is 5. The highest BCUT2D eigenvalue weighted by Gasteiger charge is 1.97. The molecule has 0 heterocycles. The maximum Gasteiger partial charge on any atom is 0.0874 e. The third-order valence-electron chi connectivity index (χ3n) is 3.28. The number of nitrogens with one attached hydrogen (secondary N) is 1. The molecule has 3 nitrogen and oxygen atoms in total. The second-order valence-corrected chi connectivity index (χ2v) is 5.01. The molecule has 0 unspecified atom stereocenters. The highest BCUT2D eigenvalue weighted by molar-refractivity contribution is 5.46. The van der Waals surface area contributed by atoms with Crippen molar-refractivity contribution in [3.05, 3.63) is 96.1 Å². The van der Waals surface area contributed by atoms with Crippen LogP contribution in [0.4, 0.5) is 11.4 Å². The maximum absolute atomic E-state index is 4.13. The van der Waals surface area contributed by atoms with Crippen LogP contribution in [0.1, 0.15) is 11.1 Å². The van der Waals surface area contributed by atoms with Gasteiger partial charge in [0.25, 0.3) is 0 Å². The fraction of sp³-hybridized carbons (Fsp3) is 0.0526. The Morgan fingerprint density at radius 2 is 1.36 bits per heavy atom. The van der Waals surface area contributed by atoms with Crippen molar-refractivity contribution in [2.45, 2.75) is 6.42 Å². The quantitative estimate of drug-likeness (QED) is 0.496. The Morgan fingerprint density at radius 1 is 0.682 bits per heavy atom. The van der Waals surface area contributed by atoms with Crippen molar-refractivity contribution >= 4 is 11.4 Å². The van der Waals surface area contributed by atoms with Gasteiger partial charge in [-0.3, -0.25) is 5.43 Å². The molecule has 0 spiro atoms. The van der Waals surface area contributed by atoms with Gasteiger partial charge in [0.1, 0.15) is 0 Å². The first kappa shape index (κ1) is 14.0. The number of nitrogens with zero attached hydrogens (tertiary/aromatic N) is 2. The molecule has 0 radical (unpaired) electrons. The predicted molar refractivity (Wildman–Crippen MR) is 90.3 cm³/mol. The van der Waals surface area contributed by atoms with Crippen LogP contribution in [0, 0.1) is 0 Å². The molecule has 0 fully saturated rings. The summed E-state index contributed by atoms with van der Waals surface area (Å²) in [7, 11) is 0. The van der Waals surface area contributed by atoms with Crippen LogP contribution < -0.4 is 5.43 Å². The minimum atomic E-state index is 0.829. The topological polar surface area (TPSA) is 36.8 Å². The first-order valence-corrected chi connectivity index (χ1v) is 7.25. The Hall–Kier alpha value is -2.94. The molecule has 0 saturated heterocycles. The number of hydrogen-bond donors (Lipinski definition) is 1. The van der Waals surface area contributed by atoms with E-state index in [4.69, 9.17) is 0 Å². The lowest BCUT2D eigenvalue weighted by atomic mass is 10.0. The van der Waals surface area contributed by atoms with Crippen LogP contribution in [0.5, 0.6) is 0 Å². The van der Waals surface area contributed by atoms with Gasteiger partial charge in [0.05, 0.1) is 11.4 Å². The van der Waals surface area contributed by atoms with E-state index in [1.165, 1.54) is 11.1 Å². The zero-order valence-corrected chi connectivity index (χ0v) is 12.2. The van der Waals surface area contributed by atoms with Crippen molar-refractivity contribution in [2.24, 2.45) is 10.3 Å². The normalized spacial score (nSPS) is 10.7. The summed E-state index contributed by atoms with van der Waals surface area (Å²) < 4.78 is 0. The lowest BCUT2D eigenvalue weighted by Gasteiger charge is -2.04. The molecule has 0 atom stereocenters. The molecular formula is C19H17N3. The van der Waals surface area contributed by atoms with E-state index in [1.54, 1.807) is 0 Å². The lowest BCUT2D eigenvalue weighted by Crippen LogP contribution is -1.91. The van der Waals surface area contributed by atoms with Crippen LogP contribution in [-0.4, -0.2) is 0 Å². The van der Waals surface area contributed by atoms with Crippen LogP contribution in [-0.2, 0) is 6.42 Å². The minimum Gasteiger partial charge on any atom is -0.260 e. The molecule has 0 aliphatic carbocycles. The summed E-state index contributed by atoms with van der Waals surface area (Å²) in [4.78, 5) is 0. The first-order valence-electron chi connectivity index (χ1n) is 7.25. The molecule has 3 rings (SSSR count). The summed E-state index contributed by atoms with van der Waals surface area (Å²) in [6.45, 7) is 0. The summed E-state index contributed by atoms with van der Waals surface area (Å²) in [5.74, 6) is 0. The summed E-state index contributed by atoms with van der Waals surface area (Å²) in [6, 6.07) is 28.3. The van der Waals surface area contributed by atoms with Gasteiger partial charge in [0, 0.05) is 0 Å². The average molecular weight is 287 g/mol. The highest BCUT2D eigenvalue weighted by atomic mass is 15.4. The lowest BCUT2D eigenvalue weighted by molar-refractivity contribution is 1.12. The Labute approximate surface area is 130 Å². The summed E-state index contributed by atoms with van der Waals surface area (Å²) in [5.41, 5.74) is 7.28. The SMILES string of the molecule is c1ccc(Cc2cccc(NN=Nc3ccccc3)c2)cc1. The predicted octanol–water partition coefficient (Wildman–Crippen LogP) is 5.39. The minimum absolute atomic E-state index is 0.829. The molecule has 3 heteroatoms. The molecule has 1 N–H and O–H groups in total. The molecule has 108 valence electrons. The van der Waals surface area contributed by atoms with Gasteiger partial charge in [-0.05, 0) is 41.8 Å². The van der Waals surface area contributed by atoms with Crippen LogP contribution in [0.15, 0.2) is 95.3 Å². The van der Waals surface area contributed by atoms with Crippen molar-refractivity contribution in [2.75, 3.05) is 5.43 Å². The van der Waals surface area contributed by atoms with Crippen molar-refractivity contribution in [3.63, 3.8) is 0 Å². The molecule has 3 aromatic rings. The van der Waals surface area contributed by atoms with Gasteiger partial charge in [-0.1, -0.05) is 65.9 Å². The van der Waals surface area contributed by atoms with Gasteiger partial charge in [-0.25, -0.2) is 0 Å². The third kappa shape index (κ3) is 4.03. The van der Waals surface area contributed by atoms with E-state index in [0.717, 1.165) is 17.8 Å². The largest absolute Gasteiger partial charge is 0.260 e. The zero-order valence-electron chi connectivity index (χ0n) is 12.2. The second-order valence-electron chi connectivity index (χ2n) is 5.01. The van der Waals surface area contributed by atoms with Gasteiger partial charge in [0.15, 0.2) is 0 Å². The third-order valence-corrected chi connectivity index (χ3v) is 3.28. The fourth-order valence-electron chi connectivity index (χ4n) is 2.22. The monoisotopic (exact) mass is 287 g/mol. The summed E-state index contributed by atoms with van der Waals surface area (Å²) >= 11 is 0. The molecule has 3 aromatic carbocycles. The van der Waals surface area contributed by atoms with Crippen LogP contribution in [0.3, 0.4) is 0 Å². The van der Waals surface area contributed by atoms with Crippen molar-refractivity contribution < 1.29 is 0 Å². The van der Waals surface area contributed by atoms with Crippen molar-refractivity contribution in [1.82, 2.24) is 0 Å². The Balaban J connectivity index is 1.65. The molecule has 0 aliphatic rings. The maximum atomic E-state index is 4.13. The number of benzene rings is 3. The molecule has 0 bridgehead atoms. The van der Waals surface area contributed by atoms with E-state index in [9.17, 15) is 0 Å². The van der Waals surface area contributed by atoms with E-state index < -0.39 is 0 Å². The molecule has 0 amide bonds. The Kier molecular flexibility index (Phi) is 4.57. The van der Waals surface area contributed by atoms with Crippen LogP contribution in [0.25, 0.3) is 0 Å². The van der Waals surface area contributed by atoms with Gasteiger partial charge in [-0.2, -0.15) is 0 Å². The van der Waals surface area contributed by atoms with Gasteiger partial charge < -0.3 is 0 Å². The fourth-order valence-corrected chi connectivity index (χ4v) is 2.22. The van der Waals surface area contributed by atoms with E-state index >= 15 is 0 Å². The smallest absolute Gasteiger partial charge is 0.0874 e. The summed E-state index contributed by atoms with van der Waals surface area (Å²) in [6.07, 6.45) is 0.909. The summed E-state index contributed by atoms with van der Waals surface area (Å²) in [5, 5.41) is 8.16. The van der Waals surface area contributed by atoms with Crippen LogP contribution >= 0.6 is 0 Å². The highest BCUT2D eigenvalue weighted by Crippen LogP contribution is 2.16. The Morgan fingerprint density at radius 3 is 2.14 bits per heavy atom. The average Bonchev–Trinajstić information content (AvgIpc) is 2.57. The zero-order chi connectivity index (χ0) is 15.0. The molecule has 22 heavy (non-hydrogen) atoms. The standard InChI is InChI=1S/C19H17N3/c1-3-8-16(9-4-1)14-17-10-7-13-19(15-17)21-22-20-18-11-5-2-6-12-18/h1-13,15H,14H2,(H,20,21). The molecule has 0 aromatic heterocycles. The van der Waals surface area contributed by atoms with Crippen molar-refractivity contribution in [1.29, 1.82) is 0 Å². The van der Waals surface area contributed by atoms with E-state index in [0.29, 0.717) is 0 Å². The first-order chi connectivity index (χ1) is 10.9. The van der Waals surface area contributed by atoms with E-state index in [2.05, 4.69) is 52.2 Å². The Bertz CT molecular complexity index is 737. The van der Waals surface area contributed by atoms with E-state index in [1.807, 2.05) is 48.5 Å². The van der Waals surface area contributed by atoms with Gasteiger partial charge >= 0.3 is 0 Å². The van der Waals surface area contributed by atoms with Gasteiger partial charge in [-0.15, -0.1) is 5.11 Å². The van der Waals surface area contributed by atoms with E-state index in [-0.39, 0.29) is 0 Å². The molecule has 0 saturated carbocycles. The number of anilines is 1. The van der Waals surface area contributed by atoms with Gasteiger partial charge in [0.2, 0.25) is 0 Å². The second kappa shape index (κ2) is 7.18. The van der Waals surface area contributed by atoms with Crippen molar-refractivity contribution in [3.8, 4) is 0 Å². The number of hydrogen-bond acceptors (Lipinski definition) is 2. The van der Waals surface area contributed by atoms with Crippen LogP contribution in [0.2, 0.25) is 0 Å². The molecule has 0 aliphatic heterocycles. The molecular weight excluding hydrogens is 270 g/mol.